The number of ether oxygens (including phenoxy) is 6. The van der Waals surface area contributed by atoms with Crippen molar-refractivity contribution in [3.05, 3.63) is 53.6 Å². The molecule has 5 rings (SSSR count). The SMILES string of the molecule is CCCCOc1ccccc1CC[C@]1(O)C(C)=C[C@@H](OC(C)=O)[C@]2(C)C3[C@H](OC(C)=O)[C@H](OC(C)=O)[C@@]4(C(C)OC(C)=O)COCC=CC4[C@]3(C)CCC21. The van der Waals surface area contributed by atoms with E-state index >= 15 is 0 Å². The van der Waals surface area contributed by atoms with E-state index in [0.717, 1.165) is 24.2 Å². The molecule has 1 aromatic carbocycles. The average Bonchev–Trinajstić information content (AvgIpc) is 3.33. The minimum Gasteiger partial charge on any atom is -0.493 e. The lowest BCUT2D eigenvalue weighted by Gasteiger charge is -2.71. The number of allylic oxidation sites excluding steroid dienone is 1. The molecular formula is C43H60O11. The number of unbranched alkanes of at least 4 members (excludes halogenated alkanes) is 1. The molecule has 11 nitrogen and oxygen atoms in total. The van der Waals surface area contributed by atoms with Gasteiger partial charge in [0.15, 0.2) is 6.10 Å². The van der Waals surface area contributed by atoms with E-state index in [-0.39, 0.29) is 13.2 Å². The third-order valence-corrected chi connectivity index (χ3v) is 13.2. The first-order valence-electron chi connectivity index (χ1n) is 19.5. The van der Waals surface area contributed by atoms with Gasteiger partial charge in [-0.3, -0.25) is 19.2 Å². The number of esters is 4. The number of benzene rings is 1. The minimum atomic E-state index is -1.36. The van der Waals surface area contributed by atoms with Gasteiger partial charge in [-0.2, -0.15) is 0 Å². The molecular weight excluding hydrogens is 692 g/mol. The molecule has 4 unspecified atom stereocenters. The van der Waals surface area contributed by atoms with Crippen LogP contribution < -0.4 is 4.74 Å². The first-order chi connectivity index (χ1) is 25.5. The zero-order valence-electron chi connectivity index (χ0n) is 33.5. The van der Waals surface area contributed by atoms with Gasteiger partial charge in [0.05, 0.1) is 30.8 Å². The van der Waals surface area contributed by atoms with Gasteiger partial charge in [-0.25, -0.2) is 0 Å². The molecule has 3 aliphatic carbocycles. The molecule has 4 aliphatic rings. The second-order valence-corrected chi connectivity index (χ2v) is 16.4. The number of hydrogen-bond donors (Lipinski definition) is 1. The third-order valence-electron chi connectivity index (χ3n) is 13.2. The molecule has 1 aliphatic heterocycles. The standard InChI is InChI=1S/C43H60O11/c1-10-11-23-50-33-16-13-12-15-32(33)18-21-43(48)26(2)24-36(52-29(5)45)41(9)35(43)19-20-40(8)34-17-14-22-49-25-42(34,27(3)51-28(4)44)39(54-31(7)47)37(38(40)41)53-30(6)46/h12-17,24,27,34-39,48H,10-11,18-23,25H2,1-9H3/t27?,34?,35?,36-,37+,38?,39+,40+,41-,42-,43+/m1/s1. The van der Waals surface area contributed by atoms with Crippen LogP contribution in [-0.4, -0.2) is 78.8 Å². The highest BCUT2D eigenvalue weighted by molar-refractivity contribution is 5.68. The molecule has 0 radical (unpaired) electrons. The Morgan fingerprint density at radius 2 is 1.67 bits per heavy atom. The number of para-hydroxylation sites is 1. The van der Waals surface area contributed by atoms with Gasteiger partial charge >= 0.3 is 23.9 Å². The lowest BCUT2D eigenvalue weighted by atomic mass is 9.35. The Bertz CT molecular complexity index is 1630. The molecule has 2 fully saturated rings. The third kappa shape index (κ3) is 7.34. The van der Waals surface area contributed by atoms with Gasteiger partial charge in [0.2, 0.25) is 0 Å². The highest BCUT2D eigenvalue weighted by Crippen LogP contribution is 2.72. The number of aryl methyl sites for hydroxylation is 1. The Morgan fingerprint density at radius 1 is 0.981 bits per heavy atom. The van der Waals surface area contributed by atoms with Crippen molar-refractivity contribution in [2.75, 3.05) is 19.8 Å². The van der Waals surface area contributed by atoms with Crippen LogP contribution in [0.4, 0.5) is 0 Å². The van der Waals surface area contributed by atoms with Crippen molar-refractivity contribution < 1.29 is 52.7 Å². The van der Waals surface area contributed by atoms with Crippen molar-refractivity contribution >= 4 is 23.9 Å². The topological polar surface area (TPSA) is 144 Å². The van der Waals surface area contributed by atoms with Crippen LogP contribution in [0.25, 0.3) is 0 Å². The summed E-state index contributed by atoms with van der Waals surface area (Å²) in [5.74, 6) is -2.95. The summed E-state index contributed by atoms with van der Waals surface area (Å²) in [5, 5.41) is 13.2. The van der Waals surface area contributed by atoms with Crippen LogP contribution in [0.3, 0.4) is 0 Å². The average molecular weight is 753 g/mol. The fraction of sp³-hybridized carbons (Fsp3) is 0.674. The highest BCUT2D eigenvalue weighted by Gasteiger charge is 2.76. The summed E-state index contributed by atoms with van der Waals surface area (Å²) in [7, 11) is 0. The van der Waals surface area contributed by atoms with Gasteiger partial charge in [-0.05, 0) is 80.6 Å². The number of hydrogen-bond acceptors (Lipinski definition) is 11. The number of fused-ring (bicyclic) bond motifs is 5. The summed E-state index contributed by atoms with van der Waals surface area (Å²) in [4.78, 5) is 51.9. The molecule has 54 heavy (non-hydrogen) atoms. The van der Waals surface area contributed by atoms with Gasteiger partial charge in [-0.15, -0.1) is 0 Å². The lowest BCUT2D eigenvalue weighted by molar-refractivity contribution is -0.304. The van der Waals surface area contributed by atoms with Crippen molar-refractivity contribution in [1.82, 2.24) is 0 Å². The minimum absolute atomic E-state index is 0.0489. The maximum atomic E-state index is 13.2. The highest BCUT2D eigenvalue weighted by atomic mass is 16.6. The zero-order valence-corrected chi connectivity index (χ0v) is 33.5. The van der Waals surface area contributed by atoms with Crippen molar-refractivity contribution in [1.29, 1.82) is 0 Å². The van der Waals surface area contributed by atoms with Gasteiger partial charge in [-0.1, -0.05) is 57.5 Å². The van der Waals surface area contributed by atoms with Crippen LogP contribution >= 0.6 is 0 Å². The van der Waals surface area contributed by atoms with E-state index in [4.69, 9.17) is 28.4 Å². The van der Waals surface area contributed by atoms with E-state index in [9.17, 15) is 24.3 Å². The van der Waals surface area contributed by atoms with E-state index in [1.165, 1.54) is 27.7 Å². The van der Waals surface area contributed by atoms with Gasteiger partial charge in [0.25, 0.3) is 0 Å². The number of carbonyl (C=O) groups excluding carboxylic acids is 4. The van der Waals surface area contributed by atoms with E-state index in [1.54, 1.807) is 6.92 Å². The summed E-state index contributed by atoms with van der Waals surface area (Å²) in [5.41, 5.74) is -2.64. The smallest absolute Gasteiger partial charge is 0.303 e. The largest absolute Gasteiger partial charge is 0.493 e. The number of aliphatic hydroxyl groups is 1. The Kier molecular flexibility index (Phi) is 12.4. The van der Waals surface area contributed by atoms with E-state index in [2.05, 4.69) is 19.9 Å². The lowest BCUT2D eigenvalue weighted by Crippen LogP contribution is -2.76. The molecule has 11 atom stereocenters. The zero-order chi connectivity index (χ0) is 39.6. The van der Waals surface area contributed by atoms with Gasteiger partial charge in [0.1, 0.15) is 24.1 Å². The fourth-order valence-corrected chi connectivity index (χ4v) is 11.1. The predicted molar refractivity (Wildman–Crippen MR) is 200 cm³/mol. The monoisotopic (exact) mass is 752 g/mol. The second kappa shape index (κ2) is 16.2. The molecule has 1 aromatic rings. The van der Waals surface area contributed by atoms with Crippen molar-refractivity contribution in [3.63, 3.8) is 0 Å². The quantitative estimate of drug-likeness (QED) is 0.109. The Morgan fingerprint density at radius 3 is 2.31 bits per heavy atom. The Balaban J connectivity index is 1.72. The Hall–Kier alpha value is -3.70. The summed E-state index contributed by atoms with van der Waals surface area (Å²) < 4.78 is 37.2. The van der Waals surface area contributed by atoms with Crippen molar-refractivity contribution in [2.45, 2.75) is 131 Å². The summed E-state index contributed by atoms with van der Waals surface area (Å²) in [6.07, 6.45) is 5.87. The van der Waals surface area contributed by atoms with Crippen LogP contribution in [-0.2, 0) is 49.3 Å². The van der Waals surface area contributed by atoms with Crippen LogP contribution in [0, 0.1) is 34.0 Å². The van der Waals surface area contributed by atoms with E-state index < -0.39 is 87.9 Å². The van der Waals surface area contributed by atoms with Crippen LogP contribution in [0.5, 0.6) is 5.75 Å². The van der Waals surface area contributed by atoms with Crippen LogP contribution in [0.15, 0.2) is 48.1 Å². The van der Waals surface area contributed by atoms with Crippen LogP contribution in [0.2, 0.25) is 0 Å². The fourth-order valence-electron chi connectivity index (χ4n) is 11.1. The van der Waals surface area contributed by atoms with Gasteiger partial charge in [0, 0.05) is 44.9 Å². The molecule has 0 bridgehead atoms. The van der Waals surface area contributed by atoms with Crippen molar-refractivity contribution in [3.8, 4) is 5.75 Å². The van der Waals surface area contributed by atoms with Crippen molar-refractivity contribution in [2.24, 2.45) is 34.0 Å². The maximum absolute atomic E-state index is 13.2. The van der Waals surface area contributed by atoms with Gasteiger partial charge < -0.3 is 33.5 Å². The van der Waals surface area contributed by atoms with E-state index in [1.807, 2.05) is 50.3 Å². The molecule has 11 heteroatoms. The Labute approximate surface area is 320 Å². The molecule has 0 saturated heterocycles. The predicted octanol–water partition coefficient (Wildman–Crippen LogP) is 6.48. The van der Waals surface area contributed by atoms with Crippen LogP contribution in [0.1, 0.15) is 100.0 Å². The summed E-state index contributed by atoms with van der Waals surface area (Å²) in [6.45, 7) is 16.2. The first-order valence-corrected chi connectivity index (χ1v) is 19.5. The molecule has 1 heterocycles. The maximum Gasteiger partial charge on any atom is 0.303 e. The molecule has 1 N–H and O–H groups in total. The molecule has 0 amide bonds. The normalized spacial score (nSPS) is 36.1. The molecule has 0 spiro atoms. The summed E-state index contributed by atoms with van der Waals surface area (Å²) >= 11 is 0. The number of rotatable bonds is 12. The number of carbonyl (C=O) groups is 4. The molecule has 2 saturated carbocycles. The molecule has 0 aromatic heterocycles. The second-order valence-electron chi connectivity index (χ2n) is 16.4. The molecule has 298 valence electrons. The first kappa shape index (κ1) is 41.5. The summed E-state index contributed by atoms with van der Waals surface area (Å²) in [6, 6.07) is 7.90. The van der Waals surface area contributed by atoms with E-state index in [0.29, 0.717) is 37.9 Å².